The van der Waals surface area contributed by atoms with E-state index in [0.717, 1.165) is 69.9 Å². The molecule has 52 heavy (non-hydrogen) atoms. The first-order valence-electron chi connectivity index (χ1n) is 17.6. The van der Waals surface area contributed by atoms with E-state index in [1.54, 1.807) is 12.1 Å². The standard InChI is InChI=1S/C24H30N4O5.C12H14N4O3/c1-4-31-23-13-17(5-7-22(23)32-16(2)3)15-27-11-9-18(10-12-27)25-24-26-20-14-19(28(29)30)6-8-21(20)33-24;17-16(18)9-1-2-11-10(7-9)15-12(19-11)14-8-3-5-13-6-4-8/h5-8,13-14,16,18H,4,9-12,15H2,1-3H3,(H,25,26);1-2,7-8,13H,3-6H2,(H,14,15). The first kappa shape index (κ1) is 36.3. The van der Waals surface area contributed by atoms with E-state index in [2.05, 4.69) is 43.0 Å². The molecule has 7 rings (SSSR count). The summed E-state index contributed by atoms with van der Waals surface area (Å²) in [7, 11) is 0. The zero-order chi connectivity index (χ0) is 36.6. The lowest BCUT2D eigenvalue weighted by atomic mass is 10.0. The smallest absolute Gasteiger partial charge is 0.295 e. The SMILES string of the molecule is CCOc1cc(CN2CCC(Nc3nc4cc([N+](=O)[O-])ccc4o3)CC2)ccc1OC(C)C.O=[N+]([O-])c1ccc2oc(NC3CCNCC3)nc2c1. The molecule has 0 unspecified atom stereocenters. The molecule has 0 bridgehead atoms. The van der Waals surface area contributed by atoms with Crippen LogP contribution in [0.2, 0.25) is 0 Å². The lowest BCUT2D eigenvalue weighted by Gasteiger charge is -2.32. The van der Waals surface area contributed by atoms with Crippen molar-refractivity contribution in [1.82, 2.24) is 20.2 Å². The number of rotatable bonds is 12. The van der Waals surface area contributed by atoms with Crippen molar-refractivity contribution in [2.75, 3.05) is 43.4 Å². The summed E-state index contributed by atoms with van der Waals surface area (Å²) in [6, 6.07) is 16.4. The van der Waals surface area contributed by atoms with Crippen LogP contribution in [0.1, 0.15) is 52.0 Å². The molecule has 0 atom stereocenters. The van der Waals surface area contributed by atoms with Gasteiger partial charge in [-0.1, -0.05) is 6.07 Å². The summed E-state index contributed by atoms with van der Waals surface area (Å²) in [6.45, 7) is 11.3. The van der Waals surface area contributed by atoms with Crippen molar-refractivity contribution in [3.05, 3.63) is 80.4 Å². The molecule has 3 aromatic carbocycles. The van der Waals surface area contributed by atoms with Crippen LogP contribution in [-0.2, 0) is 6.54 Å². The molecular formula is C36H44N8O8. The van der Waals surface area contributed by atoms with Crippen molar-refractivity contribution in [2.24, 2.45) is 0 Å². The zero-order valence-corrected chi connectivity index (χ0v) is 29.5. The Morgan fingerprint density at radius 2 is 1.38 bits per heavy atom. The second-order valence-corrected chi connectivity index (χ2v) is 13.1. The lowest BCUT2D eigenvalue weighted by molar-refractivity contribution is -0.384. The molecule has 16 heteroatoms. The first-order valence-corrected chi connectivity index (χ1v) is 17.6. The third-order valence-corrected chi connectivity index (χ3v) is 8.82. The molecular weight excluding hydrogens is 672 g/mol. The van der Waals surface area contributed by atoms with Crippen LogP contribution in [0.25, 0.3) is 22.2 Å². The maximum atomic E-state index is 11.0. The van der Waals surface area contributed by atoms with Crippen molar-refractivity contribution in [3.63, 3.8) is 0 Å². The fraction of sp³-hybridized carbons (Fsp3) is 0.444. The van der Waals surface area contributed by atoms with Crippen molar-refractivity contribution >= 4 is 45.6 Å². The van der Waals surface area contributed by atoms with E-state index in [1.807, 2.05) is 26.8 Å². The van der Waals surface area contributed by atoms with Gasteiger partial charge in [0.1, 0.15) is 11.0 Å². The molecule has 0 spiro atoms. The molecule has 2 aromatic heterocycles. The quantitative estimate of drug-likeness (QED) is 0.0890. The fourth-order valence-corrected chi connectivity index (χ4v) is 6.26. The van der Waals surface area contributed by atoms with E-state index in [1.165, 1.54) is 29.8 Å². The first-order chi connectivity index (χ1) is 25.1. The lowest BCUT2D eigenvalue weighted by Crippen LogP contribution is -2.38. The summed E-state index contributed by atoms with van der Waals surface area (Å²) in [4.78, 5) is 31.8. The minimum Gasteiger partial charge on any atom is -0.490 e. The minimum atomic E-state index is -0.436. The number of benzene rings is 3. The topological polar surface area (TPSA) is 196 Å². The van der Waals surface area contributed by atoms with Gasteiger partial charge in [0, 0.05) is 56.0 Å². The predicted octanol–water partition coefficient (Wildman–Crippen LogP) is 6.90. The van der Waals surface area contributed by atoms with Crippen LogP contribution < -0.4 is 25.4 Å². The van der Waals surface area contributed by atoms with Gasteiger partial charge in [0.2, 0.25) is 0 Å². The molecule has 2 aliphatic rings. The summed E-state index contributed by atoms with van der Waals surface area (Å²) in [5.74, 6) is 1.57. The van der Waals surface area contributed by atoms with Crippen LogP contribution in [0.15, 0.2) is 63.4 Å². The number of nitrogens with one attached hydrogen (secondary N) is 3. The van der Waals surface area contributed by atoms with Crippen molar-refractivity contribution in [3.8, 4) is 11.5 Å². The van der Waals surface area contributed by atoms with Gasteiger partial charge >= 0.3 is 0 Å². The van der Waals surface area contributed by atoms with Crippen LogP contribution in [0.4, 0.5) is 23.4 Å². The molecule has 276 valence electrons. The largest absolute Gasteiger partial charge is 0.490 e. The number of fused-ring (bicyclic) bond motifs is 2. The molecule has 4 heterocycles. The van der Waals surface area contributed by atoms with Gasteiger partial charge in [-0.2, -0.15) is 9.97 Å². The van der Waals surface area contributed by atoms with E-state index < -0.39 is 9.85 Å². The normalized spacial score (nSPS) is 15.7. The monoisotopic (exact) mass is 716 g/mol. The highest BCUT2D eigenvalue weighted by Crippen LogP contribution is 2.31. The van der Waals surface area contributed by atoms with Crippen LogP contribution in [0.3, 0.4) is 0 Å². The number of likely N-dealkylation sites (tertiary alicyclic amines) is 1. The molecule has 0 radical (unpaired) electrons. The van der Waals surface area contributed by atoms with Crippen LogP contribution in [0.5, 0.6) is 11.5 Å². The highest BCUT2D eigenvalue weighted by Gasteiger charge is 2.22. The predicted molar refractivity (Wildman–Crippen MR) is 196 cm³/mol. The molecule has 2 fully saturated rings. The summed E-state index contributed by atoms with van der Waals surface area (Å²) < 4.78 is 22.9. The van der Waals surface area contributed by atoms with Gasteiger partial charge < -0.3 is 34.3 Å². The highest BCUT2D eigenvalue weighted by molar-refractivity contribution is 5.78. The minimum absolute atomic E-state index is 0.00644. The number of ether oxygens (including phenoxy) is 2. The van der Waals surface area contributed by atoms with Crippen molar-refractivity contribution in [2.45, 2.75) is 71.2 Å². The Balaban J connectivity index is 0.000000206. The average Bonchev–Trinajstić information content (AvgIpc) is 3.73. The highest BCUT2D eigenvalue weighted by atomic mass is 16.6. The number of oxazole rings is 2. The Kier molecular flexibility index (Phi) is 11.7. The zero-order valence-electron chi connectivity index (χ0n) is 29.5. The van der Waals surface area contributed by atoms with E-state index in [4.69, 9.17) is 18.3 Å². The number of hydrogen-bond acceptors (Lipinski definition) is 14. The molecule has 0 aliphatic carbocycles. The fourth-order valence-electron chi connectivity index (χ4n) is 6.26. The molecule has 0 amide bonds. The Hall–Kier alpha value is -5.48. The Morgan fingerprint density at radius 1 is 0.827 bits per heavy atom. The number of non-ortho nitro benzene ring substituents is 2. The number of piperidine rings is 2. The number of anilines is 2. The van der Waals surface area contributed by atoms with Gasteiger partial charge in [0.25, 0.3) is 23.4 Å². The number of nitro groups is 2. The number of nitrogens with zero attached hydrogens (tertiary/aromatic N) is 5. The third-order valence-electron chi connectivity index (χ3n) is 8.82. The maximum absolute atomic E-state index is 11.0. The van der Waals surface area contributed by atoms with Crippen LogP contribution in [-0.4, -0.2) is 75.7 Å². The molecule has 16 nitrogen and oxygen atoms in total. The second-order valence-electron chi connectivity index (χ2n) is 13.1. The van der Waals surface area contributed by atoms with Crippen LogP contribution >= 0.6 is 0 Å². The van der Waals surface area contributed by atoms with Crippen LogP contribution in [0, 0.1) is 20.2 Å². The van der Waals surface area contributed by atoms with Gasteiger partial charge in [-0.3, -0.25) is 25.1 Å². The van der Waals surface area contributed by atoms with E-state index in [-0.39, 0.29) is 23.5 Å². The van der Waals surface area contributed by atoms with Gasteiger partial charge in [-0.25, -0.2) is 0 Å². The molecule has 2 saturated heterocycles. The van der Waals surface area contributed by atoms with Crippen molar-refractivity contribution in [1.29, 1.82) is 0 Å². The van der Waals surface area contributed by atoms with Gasteiger partial charge in [-0.15, -0.1) is 0 Å². The third kappa shape index (κ3) is 9.44. The van der Waals surface area contributed by atoms with E-state index in [9.17, 15) is 20.2 Å². The Morgan fingerprint density at radius 3 is 1.90 bits per heavy atom. The number of aromatic nitrogens is 2. The number of hydrogen-bond donors (Lipinski definition) is 3. The summed E-state index contributed by atoms with van der Waals surface area (Å²) >= 11 is 0. The summed E-state index contributed by atoms with van der Waals surface area (Å²) in [5.41, 5.74) is 3.31. The average molecular weight is 717 g/mol. The Bertz CT molecular complexity index is 1980. The van der Waals surface area contributed by atoms with Gasteiger partial charge in [0.05, 0.1) is 22.6 Å². The van der Waals surface area contributed by atoms with Gasteiger partial charge in [0.15, 0.2) is 22.7 Å². The molecule has 2 aliphatic heterocycles. The molecule has 0 saturated carbocycles. The maximum Gasteiger partial charge on any atom is 0.295 e. The molecule has 5 aromatic rings. The van der Waals surface area contributed by atoms with Gasteiger partial charge in [-0.05, 0) is 89.4 Å². The second kappa shape index (κ2) is 16.7. The summed E-state index contributed by atoms with van der Waals surface area (Å²) in [5, 5.41) is 31.5. The van der Waals surface area contributed by atoms with E-state index in [0.29, 0.717) is 46.9 Å². The molecule has 3 N–H and O–H groups in total. The summed E-state index contributed by atoms with van der Waals surface area (Å²) in [6.07, 6.45) is 4.02. The van der Waals surface area contributed by atoms with Crippen molar-refractivity contribution < 1.29 is 28.2 Å². The Labute approximate surface area is 300 Å². The number of nitro benzene ring substituents is 2. The van der Waals surface area contributed by atoms with E-state index >= 15 is 0 Å².